The van der Waals surface area contributed by atoms with Crippen molar-refractivity contribution in [2.24, 2.45) is 0 Å². The Balaban J connectivity index is 1.39. The Morgan fingerprint density at radius 1 is 1.06 bits per heavy atom. The molecule has 2 N–H and O–H groups in total. The minimum atomic E-state index is -0.833. The average molecular weight is 443 g/mol. The van der Waals surface area contributed by atoms with Crippen molar-refractivity contribution < 1.29 is 18.4 Å². The number of carbonyl (C=O) groups is 2. The molecular formula is C21H19F2N5O2S. The molecule has 2 aromatic carbocycles. The monoisotopic (exact) mass is 443 g/mol. The van der Waals surface area contributed by atoms with Gasteiger partial charge in [0.2, 0.25) is 5.01 Å². The van der Waals surface area contributed by atoms with Crippen molar-refractivity contribution in [3.8, 4) is 0 Å². The van der Waals surface area contributed by atoms with Gasteiger partial charge in [-0.05, 0) is 37.1 Å². The topological polar surface area (TPSA) is 87.2 Å². The summed E-state index contributed by atoms with van der Waals surface area (Å²) < 4.78 is 26.9. The fourth-order valence-corrected chi connectivity index (χ4v) is 4.21. The van der Waals surface area contributed by atoms with Crippen LogP contribution in [-0.2, 0) is 0 Å². The van der Waals surface area contributed by atoms with Crippen LogP contribution < -0.4 is 10.6 Å². The number of likely N-dealkylation sites (tertiary alicyclic amines) is 1. The molecule has 2 heterocycles. The minimum absolute atomic E-state index is 0.0756. The number of nitrogens with one attached hydrogen (secondary N) is 2. The van der Waals surface area contributed by atoms with E-state index in [4.69, 9.17) is 0 Å². The second kappa shape index (κ2) is 9.17. The number of para-hydroxylation sites is 1. The first-order chi connectivity index (χ1) is 15.0. The molecule has 0 saturated carbocycles. The van der Waals surface area contributed by atoms with Gasteiger partial charge in [0.25, 0.3) is 5.91 Å². The Hall–Kier alpha value is -3.40. The molecule has 4 rings (SSSR count). The lowest BCUT2D eigenvalue weighted by molar-refractivity contribution is 0.102. The molecule has 0 aliphatic carbocycles. The van der Waals surface area contributed by atoms with Gasteiger partial charge < -0.3 is 15.5 Å². The zero-order chi connectivity index (χ0) is 21.8. The third-order valence-electron chi connectivity index (χ3n) is 4.90. The van der Waals surface area contributed by atoms with Crippen molar-refractivity contribution >= 4 is 34.6 Å². The molecule has 1 aliphatic rings. The number of urea groups is 1. The summed E-state index contributed by atoms with van der Waals surface area (Å²) in [5.41, 5.74) is 0.585. The van der Waals surface area contributed by atoms with Crippen molar-refractivity contribution in [1.82, 2.24) is 15.1 Å². The fourth-order valence-electron chi connectivity index (χ4n) is 3.35. The van der Waals surface area contributed by atoms with E-state index in [2.05, 4.69) is 20.8 Å². The van der Waals surface area contributed by atoms with Crippen molar-refractivity contribution in [2.45, 2.75) is 18.8 Å². The van der Waals surface area contributed by atoms with Gasteiger partial charge in [-0.15, -0.1) is 10.2 Å². The maximum absolute atomic E-state index is 13.8. The molecule has 7 nitrogen and oxygen atoms in total. The summed E-state index contributed by atoms with van der Waals surface area (Å²) in [5.74, 6) is -1.96. The number of benzene rings is 2. The molecule has 10 heteroatoms. The maximum Gasteiger partial charge on any atom is 0.321 e. The largest absolute Gasteiger partial charge is 0.324 e. The predicted octanol–water partition coefficient (Wildman–Crippen LogP) is 4.48. The number of anilines is 2. The maximum atomic E-state index is 13.8. The van der Waals surface area contributed by atoms with Crippen LogP contribution in [0.25, 0.3) is 0 Å². The van der Waals surface area contributed by atoms with Crippen LogP contribution in [0.4, 0.5) is 25.0 Å². The summed E-state index contributed by atoms with van der Waals surface area (Å²) in [6.07, 6.45) is 1.53. The first-order valence-corrected chi connectivity index (χ1v) is 10.5. The second-order valence-corrected chi connectivity index (χ2v) is 8.11. The summed E-state index contributed by atoms with van der Waals surface area (Å²) in [6, 6.07) is 11.6. The smallest absolute Gasteiger partial charge is 0.321 e. The highest BCUT2D eigenvalue weighted by atomic mass is 32.1. The summed E-state index contributed by atoms with van der Waals surface area (Å²) in [4.78, 5) is 26.5. The molecule has 1 aliphatic heterocycles. The molecule has 0 bridgehead atoms. The van der Waals surface area contributed by atoms with E-state index in [0.717, 1.165) is 25.0 Å². The molecule has 31 heavy (non-hydrogen) atoms. The third-order valence-corrected chi connectivity index (χ3v) is 5.98. The molecule has 1 atom stereocenters. The van der Waals surface area contributed by atoms with Crippen LogP contribution in [0, 0.1) is 11.6 Å². The van der Waals surface area contributed by atoms with E-state index in [9.17, 15) is 18.4 Å². The number of rotatable bonds is 4. The molecule has 1 aromatic heterocycles. The Morgan fingerprint density at radius 3 is 2.65 bits per heavy atom. The van der Waals surface area contributed by atoms with Crippen LogP contribution in [0.15, 0.2) is 48.5 Å². The van der Waals surface area contributed by atoms with Gasteiger partial charge in [-0.1, -0.05) is 29.5 Å². The number of hydrogen-bond donors (Lipinski definition) is 2. The third kappa shape index (κ3) is 5.02. The number of hydrogen-bond acceptors (Lipinski definition) is 5. The molecule has 160 valence electrons. The van der Waals surface area contributed by atoms with Crippen molar-refractivity contribution in [3.63, 3.8) is 0 Å². The number of aromatic nitrogens is 2. The highest BCUT2D eigenvalue weighted by Crippen LogP contribution is 2.30. The molecule has 1 saturated heterocycles. The Labute approximate surface area is 181 Å². The first-order valence-electron chi connectivity index (χ1n) is 9.70. The Bertz CT molecular complexity index is 1090. The lowest BCUT2D eigenvalue weighted by Crippen LogP contribution is -2.41. The molecule has 3 amide bonds. The van der Waals surface area contributed by atoms with E-state index >= 15 is 0 Å². The standard InChI is InChI=1S/C21H19F2N5O2S/c22-14-8-9-17(16(23)11-14)25-21(30)28-10-4-5-13(12-28)19-26-27-20(31-19)18(29)24-15-6-2-1-3-7-15/h1-3,6-9,11,13H,4-5,10,12H2,(H,24,29)(H,25,30)/t13-/m0/s1. The van der Waals surface area contributed by atoms with Crippen molar-refractivity contribution in [2.75, 3.05) is 23.7 Å². The van der Waals surface area contributed by atoms with Gasteiger partial charge in [0.15, 0.2) is 0 Å². The Kier molecular flexibility index (Phi) is 6.17. The molecule has 0 unspecified atom stereocenters. The van der Waals surface area contributed by atoms with E-state index in [1.165, 1.54) is 17.4 Å². The van der Waals surface area contributed by atoms with Crippen LogP contribution in [0.3, 0.4) is 0 Å². The number of halogens is 2. The van der Waals surface area contributed by atoms with E-state index < -0.39 is 17.7 Å². The zero-order valence-electron chi connectivity index (χ0n) is 16.3. The molecule has 0 radical (unpaired) electrons. The highest BCUT2D eigenvalue weighted by Gasteiger charge is 2.28. The summed E-state index contributed by atoms with van der Waals surface area (Å²) in [5, 5.41) is 14.3. The van der Waals surface area contributed by atoms with Gasteiger partial charge in [0.05, 0.1) is 5.69 Å². The van der Waals surface area contributed by atoms with Crippen LogP contribution in [-0.4, -0.2) is 40.1 Å². The van der Waals surface area contributed by atoms with Crippen LogP contribution in [0.2, 0.25) is 0 Å². The number of carbonyl (C=O) groups excluding carboxylic acids is 2. The average Bonchev–Trinajstić information content (AvgIpc) is 3.27. The quantitative estimate of drug-likeness (QED) is 0.622. The highest BCUT2D eigenvalue weighted by molar-refractivity contribution is 7.13. The van der Waals surface area contributed by atoms with Gasteiger partial charge in [-0.25, -0.2) is 13.6 Å². The minimum Gasteiger partial charge on any atom is -0.324 e. The van der Waals surface area contributed by atoms with Crippen LogP contribution >= 0.6 is 11.3 Å². The van der Waals surface area contributed by atoms with Crippen molar-refractivity contribution in [1.29, 1.82) is 0 Å². The number of piperidine rings is 1. The Morgan fingerprint density at radius 2 is 1.87 bits per heavy atom. The fraction of sp³-hybridized carbons (Fsp3) is 0.238. The van der Waals surface area contributed by atoms with E-state index in [-0.39, 0.29) is 22.5 Å². The number of amides is 3. The lowest BCUT2D eigenvalue weighted by atomic mass is 9.99. The SMILES string of the molecule is O=C(Nc1ccccc1)c1nnc([C@H]2CCCN(C(=O)Nc3ccc(F)cc3F)C2)s1. The molecule has 0 spiro atoms. The summed E-state index contributed by atoms with van der Waals surface area (Å²) >= 11 is 1.19. The van der Waals surface area contributed by atoms with Crippen molar-refractivity contribution in [3.05, 3.63) is 70.2 Å². The molecular weight excluding hydrogens is 424 g/mol. The van der Waals surface area contributed by atoms with E-state index in [1.807, 2.05) is 18.2 Å². The molecule has 3 aromatic rings. The van der Waals surface area contributed by atoms with Gasteiger partial charge in [0, 0.05) is 30.8 Å². The lowest BCUT2D eigenvalue weighted by Gasteiger charge is -2.31. The van der Waals surface area contributed by atoms with Gasteiger partial charge in [-0.3, -0.25) is 4.79 Å². The number of nitrogens with zero attached hydrogens (tertiary/aromatic N) is 3. The van der Waals surface area contributed by atoms with Crippen LogP contribution in [0.1, 0.15) is 33.6 Å². The van der Waals surface area contributed by atoms with Crippen LogP contribution in [0.5, 0.6) is 0 Å². The van der Waals surface area contributed by atoms with Gasteiger partial charge >= 0.3 is 6.03 Å². The van der Waals surface area contributed by atoms with E-state index in [1.54, 1.807) is 17.0 Å². The summed E-state index contributed by atoms with van der Waals surface area (Å²) in [6.45, 7) is 0.870. The molecule has 1 fully saturated rings. The first kappa shape index (κ1) is 20.9. The predicted molar refractivity (Wildman–Crippen MR) is 113 cm³/mol. The van der Waals surface area contributed by atoms with E-state index in [0.29, 0.717) is 23.8 Å². The van der Waals surface area contributed by atoms with Gasteiger partial charge in [-0.2, -0.15) is 0 Å². The normalized spacial score (nSPS) is 16.1. The van der Waals surface area contributed by atoms with Gasteiger partial charge in [0.1, 0.15) is 16.6 Å². The second-order valence-electron chi connectivity index (χ2n) is 7.11. The zero-order valence-corrected chi connectivity index (χ0v) is 17.2. The summed E-state index contributed by atoms with van der Waals surface area (Å²) in [7, 11) is 0.